The zero-order valence-electron chi connectivity index (χ0n) is 19.9. The molecule has 0 fully saturated rings. The predicted molar refractivity (Wildman–Crippen MR) is 132 cm³/mol. The number of carbonyl (C=O) groups excluding carboxylic acids is 5. The highest BCUT2D eigenvalue weighted by molar-refractivity contribution is 6.25. The van der Waals surface area contributed by atoms with Crippen LogP contribution in [0.5, 0.6) is 0 Å². The molecular weight excluding hydrogens is 460 g/mol. The van der Waals surface area contributed by atoms with Crippen LogP contribution in [0.3, 0.4) is 0 Å². The fourth-order valence-electron chi connectivity index (χ4n) is 4.27. The van der Waals surface area contributed by atoms with Crippen molar-refractivity contribution in [2.24, 2.45) is 0 Å². The van der Waals surface area contributed by atoms with E-state index in [0.717, 1.165) is 15.8 Å². The number of rotatable bonds is 10. The van der Waals surface area contributed by atoms with Gasteiger partial charge in [0.25, 0.3) is 17.7 Å². The lowest BCUT2D eigenvalue weighted by Crippen LogP contribution is -2.43. The highest BCUT2D eigenvalue weighted by Gasteiger charge is 2.32. The highest BCUT2D eigenvalue weighted by atomic mass is 16.5. The van der Waals surface area contributed by atoms with Crippen molar-refractivity contribution >= 4 is 40.2 Å². The van der Waals surface area contributed by atoms with E-state index in [9.17, 15) is 24.0 Å². The average Bonchev–Trinajstić information content (AvgIpc) is 2.88. The molecule has 1 unspecified atom stereocenters. The lowest BCUT2D eigenvalue weighted by Gasteiger charge is -2.27. The molecule has 3 amide bonds. The normalized spacial score (nSPS) is 13.4. The van der Waals surface area contributed by atoms with Crippen LogP contribution in [0.15, 0.2) is 66.7 Å². The number of ether oxygens (including phenoxy) is 1. The first-order valence-electron chi connectivity index (χ1n) is 11.7. The summed E-state index contributed by atoms with van der Waals surface area (Å²) in [6, 6.07) is 19.2. The molecule has 4 rings (SSSR count). The summed E-state index contributed by atoms with van der Waals surface area (Å²) in [6.07, 6.45) is 0.459. The molecule has 0 aromatic heterocycles. The van der Waals surface area contributed by atoms with E-state index in [0.29, 0.717) is 22.9 Å². The van der Waals surface area contributed by atoms with Crippen LogP contribution in [-0.4, -0.2) is 53.6 Å². The third kappa shape index (κ3) is 5.49. The van der Waals surface area contributed by atoms with E-state index in [1.54, 1.807) is 24.3 Å². The van der Waals surface area contributed by atoms with Crippen molar-refractivity contribution < 1.29 is 28.7 Å². The quantitative estimate of drug-likeness (QED) is 0.348. The minimum absolute atomic E-state index is 0.0488. The minimum Gasteiger partial charge on any atom is -0.456 e. The van der Waals surface area contributed by atoms with Crippen molar-refractivity contribution in [3.05, 3.63) is 83.4 Å². The third-order valence-corrected chi connectivity index (χ3v) is 6.09. The van der Waals surface area contributed by atoms with Crippen LogP contribution in [0.4, 0.5) is 0 Å². The fourth-order valence-corrected chi connectivity index (χ4v) is 4.27. The van der Waals surface area contributed by atoms with Crippen molar-refractivity contribution in [1.29, 1.82) is 0 Å². The topological polar surface area (TPSA) is 110 Å². The number of nitrogens with zero attached hydrogens (tertiary/aromatic N) is 1. The van der Waals surface area contributed by atoms with Crippen LogP contribution < -0.4 is 5.32 Å². The van der Waals surface area contributed by atoms with E-state index in [1.807, 2.05) is 42.5 Å². The summed E-state index contributed by atoms with van der Waals surface area (Å²) in [5, 5.41) is 4.06. The first kappa shape index (κ1) is 24.8. The maximum Gasteiger partial charge on any atom is 0.306 e. The van der Waals surface area contributed by atoms with Crippen molar-refractivity contribution in [3.8, 4) is 0 Å². The van der Waals surface area contributed by atoms with E-state index in [4.69, 9.17) is 4.74 Å². The van der Waals surface area contributed by atoms with Gasteiger partial charge in [-0.15, -0.1) is 0 Å². The third-order valence-electron chi connectivity index (χ3n) is 6.09. The summed E-state index contributed by atoms with van der Waals surface area (Å²) < 4.78 is 5.03. The first-order valence-corrected chi connectivity index (χ1v) is 11.7. The summed E-state index contributed by atoms with van der Waals surface area (Å²) in [6.45, 7) is 0.920. The Hall–Kier alpha value is -4.33. The van der Waals surface area contributed by atoms with Crippen LogP contribution in [-0.2, 0) is 25.5 Å². The number of nitrogens with one attached hydrogen (secondary N) is 1. The predicted octanol–water partition coefficient (Wildman–Crippen LogP) is 3.08. The molecule has 1 aliphatic heterocycles. The molecule has 0 bridgehead atoms. The molecule has 184 valence electrons. The molecule has 0 saturated heterocycles. The molecule has 0 saturated carbocycles. The van der Waals surface area contributed by atoms with Gasteiger partial charge in [-0.3, -0.25) is 28.9 Å². The van der Waals surface area contributed by atoms with Crippen molar-refractivity contribution in [3.63, 3.8) is 0 Å². The van der Waals surface area contributed by atoms with Gasteiger partial charge in [0.05, 0.1) is 6.04 Å². The summed E-state index contributed by atoms with van der Waals surface area (Å²) in [5.41, 5.74) is 1.81. The maximum absolute atomic E-state index is 12.9. The zero-order valence-corrected chi connectivity index (χ0v) is 19.9. The Balaban J connectivity index is 1.25. The Kier molecular flexibility index (Phi) is 7.53. The van der Waals surface area contributed by atoms with Gasteiger partial charge in [0, 0.05) is 29.5 Å². The molecule has 1 aliphatic rings. The summed E-state index contributed by atoms with van der Waals surface area (Å²) in [4.78, 5) is 63.2. The Morgan fingerprint density at radius 1 is 0.889 bits per heavy atom. The van der Waals surface area contributed by atoms with Crippen LogP contribution >= 0.6 is 0 Å². The largest absolute Gasteiger partial charge is 0.456 e. The fraction of sp³-hybridized carbons (Fsp3) is 0.250. The van der Waals surface area contributed by atoms with Gasteiger partial charge in [0.2, 0.25) is 0 Å². The second kappa shape index (κ2) is 10.9. The van der Waals surface area contributed by atoms with Crippen LogP contribution in [0.1, 0.15) is 46.0 Å². The lowest BCUT2D eigenvalue weighted by atomic mass is 9.94. The van der Waals surface area contributed by atoms with Gasteiger partial charge in [-0.2, -0.15) is 0 Å². The molecule has 1 heterocycles. The molecule has 0 spiro atoms. The zero-order chi connectivity index (χ0) is 25.7. The number of Topliss-reactive ketones (excluding diaryl/α,β-unsaturated/α-hetero) is 1. The molecule has 3 aromatic rings. The van der Waals surface area contributed by atoms with Gasteiger partial charge >= 0.3 is 5.97 Å². The maximum atomic E-state index is 12.9. The Bertz CT molecular complexity index is 1280. The molecule has 8 nitrogen and oxygen atoms in total. The summed E-state index contributed by atoms with van der Waals surface area (Å²) in [5.74, 6) is -2.21. The number of benzene rings is 3. The number of ketones is 1. The number of carbonyl (C=O) groups is 5. The molecule has 0 radical (unpaired) electrons. The van der Waals surface area contributed by atoms with Gasteiger partial charge in [-0.05, 0) is 42.8 Å². The van der Waals surface area contributed by atoms with Crippen LogP contribution in [0.2, 0.25) is 0 Å². The van der Waals surface area contributed by atoms with Crippen molar-refractivity contribution in [1.82, 2.24) is 10.2 Å². The van der Waals surface area contributed by atoms with Crippen molar-refractivity contribution in [2.75, 3.05) is 13.2 Å². The van der Waals surface area contributed by atoms with Crippen LogP contribution in [0, 0.1) is 0 Å². The van der Waals surface area contributed by atoms with Crippen molar-refractivity contribution in [2.45, 2.75) is 32.2 Å². The Morgan fingerprint density at radius 3 is 2.14 bits per heavy atom. The molecule has 1 N–H and O–H groups in total. The summed E-state index contributed by atoms with van der Waals surface area (Å²) >= 11 is 0. The molecule has 8 heteroatoms. The Morgan fingerprint density at radius 2 is 1.53 bits per heavy atom. The monoisotopic (exact) mass is 486 g/mol. The number of hydrogen-bond donors (Lipinski definition) is 1. The van der Waals surface area contributed by atoms with E-state index in [1.165, 1.54) is 6.92 Å². The van der Waals surface area contributed by atoms with Gasteiger partial charge in [-0.25, -0.2) is 0 Å². The van der Waals surface area contributed by atoms with Gasteiger partial charge in [-0.1, -0.05) is 54.6 Å². The number of hydrogen-bond acceptors (Lipinski definition) is 6. The van der Waals surface area contributed by atoms with E-state index >= 15 is 0 Å². The molecule has 36 heavy (non-hydrogen) atoms. The minimum atomic E-state index is -0.720. The smallest absolute Gasteiger partial charge is 0.306 e. The van der Waals surface area contributed by atoms with Gasteiger partial charge in [0.15, 0.2) is 12.4 Å². The number of amides is 3. The highest BCUT2D eigenvalue weighted by Crippen LogP contribution is 2.30. The molecular formula is C28H26N2O6. The second-order valence-corrected chi connectivity index (χ2v) is 8.66. The molecule has 3 aromatic carbocycles. The molecule has 1 atom stereocenters. The lowest BCUT2D eigenvalue weighted by molar-refractivity contribution is -0.149. The number of esters is 1. The number of imide groups is 1. The molecule has 0 aliphatic carbocycles. The van der Waals surface area contributed by atoms with E-state index in [-0.39, 0.29) is 25.2 Å². The van der Waals surface area contributed by atoms with Crippen LogP contribution in [0.25, 0.3) is 10.8 Å². The standard InChI is InChI=1S/C28H26N2O6/c1-18(31)23(16-19-8-3-2-4-9-19)29-24(32)17-36-25(33)14-7-15-30-27(34)21-12-5-10-20-11-6-13-22(26(20)21)28(30)35/h2-6,8-13,23H,7,14-17H2,1H3,(H,29,32). The average molecular weight is 487 g/mol. The summed E-state index contributed by atoms with van der Waals surface area (Å²) in [7, 11) is 0. The van der Waals surface area contributed by atoms with E-state index in [2.05, 4.69) is 5.32 Å². The van der Waals surface area contributed by atoms with Gasteiger partial charge in [0.1, 0.15) is 0 Å². The second-order valence-electron chi connectivity index (χ2n) is 8.66. The van der Waals surface area contributed by atoms with Gasteiger partial charge < -0.3 is 10.1 Å². The van der Waals surface area contributed by atoms with E-state index < -0.39 is 36.3 Å². The SMILES string of the molecule is CC(=O)C(Cc1ccccc1)NC(=O)COC(=O)CCCN1C(=O)c2cccc3cccc(c23)C1=O. The first-order chi connectivity index (χ1) is 17.3. The Labute approximate surface area is 208 Å².